The Bertz CT molecular complexity index is 726. The number of pyridine rings is 1. The highest BCUT2D eigenvalue weighted by molar-refractivity contribution is 6.30. The number of nitrogens with zero attached hydrogens (tertiary/aromatic N) is 2. The van der Waals surface area contributed by atoms with Gasteiger partial charge in [-0.25, -0.2) is 4.98 Å². The number of anilines is 1. The summed E-state index contributed by atoms with van der Waals surface area (Å²) in [5.74, 6) is 0.881. The Labute approximate surface area is 159 Å². The van der Waals surface area contributed by atoms with Crippen molar-refractivity contribution in [2.45, 2.75) is 25.9 Å². The van der Waals surface area contributed by atoms with Crippen LogP contribution in [0.25, 0.3) is 0 Å². The second kappa shape index (κ2) is 8.52. The molecule has 1 fully saturated rings. The van der Waals surface area contributed by atoms with E-state index in [1.54, 1.807) is 6.20 Å². The van der Waals surface area contributed by atoms with E-state index in [0.29, 0.717) is 5.02 Å². The van der Waals surface area contributed by atoms with Crippen molar-refractivity contribution in [3.63, 3.8) is 0 Å². The molecule has 1 aliphatic rings. The van der Waals surface area contributed by atoms with E-state index in [0.717, 1.165) is 42.9 Å². The van der Waals surface area contributed by atoms with Gasteiger partial charge in [0.25, 0.3) is 0 Å². The van der Waals surface area contributed by atoms with Crippen LogP contribution < -0.4 is 10.2 Å². The fraction of sp³-hybridized carbons (Fsp3) is 0.400. The van der Waals surface area contributed by atoms with E-state index in [4.69, 9.17) is 11.6 Å². The molecule has 0 radical (unpaired) electrons. The first-order valence-corrected chi connectivity index (χ1v) is 9.29. The molecule has 26 heavy (non-hydrogen) atoms. The Morgan fingerprint density at radius 2 is 1.96 bits per heavy atom. The normalized spacial score (nSPS) is 16.3. The summed E-state index contributed by atoms with van der Waals surface area (Å²) in [6, 6.07) is 11.4. The highest BCUT2D eigenvalue weighted by Gasteiger charge is 2.25. The van der Waals surface area contributed by atoms with Crippen molar-refractivity contribution in [1.82, 2.24) is 10.3 Å². The Kier molecular flexibility index (Phi) is 6.12. The van der Waals surface area contributed by atoms with Gasteiger partial charge in [-0.05, 0) is 37.5 Å². The Morgan fingerprint density at radius 1 is 1.27 bits per heavy atom. The molecule has 0 unspecified atom stereocenters. The molecular weight excluding hydrogens is 350 g/mol. The monoisotopic (exact) mass is 373 g/mol. The molecule has 2 aromatic rings. The number of piperidine rings is 1. The van der Waals surface area contributed by atoms with Crippen molar-refractivity contribution >= 4 is 23.3 Å². The molecule has 0 spiro atoms. The summed E-state index contributed by atoms with van der Waals surface area (Å²) < 4.78 is 0. The average Bonchev–Trinajstić information content (AvgIpc) is 2.67. The first-order valence-electron chi connectivity index (χ1n) is 8.92. The minimum absolute atomic E-state index is 0.0138. The Balaban J connectivity index is 1.46. The standard InChI is InChI=1S/C20H24ClN3O2/c1-14-2-4-15(5-3-14)18(25)13-23-20(26)16-8-10-24(11-9-16)19-7-6-17(21)12-22-19/h2-7,12,16,18,25H,8-11,13H2,1H3,(H,23,26)/t18-/m1/s1. The molecule has 2 N–H and O–H groups in total. The van der Waals surface area contributed by atoms with E-state index >= 15 is 0 Å². The summed E-state index contributed by atoms with van der Waals surface area (Å²) in [6.45, 7) is 3.81. The van der Waals surface area contributed by atoms with Crippen molar-refractivity contribution in [3.05, 3.63) is 58.7 Å². The third-order valence-corrected chi connectivity index (χ3v) is 5.06. The van der Waals surface area contributed by atoms with E-state index in [2.05, 4.69) is 15.2 Å². The molecule has 1 atom stereocenters. The Hall–Kier alpha value is -2.11. The van der Waals surface area contributed by atoms with Crippen LogP contribution in [-0.2, 0) is 4.79 Å². The summed E-state index contributed by atoms with van der Waals surface area (Å²) in [6.07, 6.45) is 2.51. The van der Waals surface area contributed by atoms with Gasteiger partial charge in [0.15, 0.2) is 0 Å². The van der Waals surface area contributed by atoms with Crippen LogP contribution >= 0.6 is 11.6 Å². The number of aliphatic hydroxyl groups excluding tert-OH is 1. The maximum atomic E-state index is 12.4. The number of carbonyl (C=O) groups excluding carboxylic acids is 1. The number of hydrogen-bond donors (Lipinski definition) is 2. The zero-order valence-electron chi connectivity index (χ0n) is 14.9. The molecule has 2 heterocycles. The molecule has 1 saturated heterocycles. The predicted molar refractivity (Wildman–Crippen MR) is 103 cm³/mol. The van der Waals surface area contributed by atoms with Gasteiger partial charge in [-0.2, -0.15) is 0 Å². The second-order valence-corrected chi connectivity index (χ2v) is 7.20. The lowest BCUT2D eigenvalue weighted by atomic mass is 9.95. The summed E-state index contributed by atoms with van der Waals surface area (Å²) >= 11 is 5.87. The zero-order chi connectivity index (χ0) is 18.5. The van der Waals surface area contributed by atoms with Crippen molar-refractivity contribution < 1.29 is 9.90 Å². The van der Waals surface area contributed by atoms with Crippen LogP contribution in [0, 0.1) is 12.8 Å². The molecule has 3 rings (SSSR count). The quantitative estimate of drug-likeness (QED) is 0.845. The van der Waals surface area contributed by atoms with Gasteiger partial charge in [0.2, 0.25) is 5.91 Å². The van der Waals surface area contributed by atoms with Crippen LogP contribution in [0.5, 0.6) is 0 Å². The number of nitrogens with one attached hydrogen (secondary N) is 1. The van der Waals surface area contributed by atoms with Crippen molar-refractivity contribution in [1.29, 1.82) is 0 Å². The van der Waals surface area contributed by atoms with Crippen LogP contribution in [0.1, 0.15) is 30.1 Å². The molecule has 0 aliphatic carbocycles. The third kappa shape index (κ3) is 4.74. The van der Waals surface area contributed by atoms with Gasteiger partial charge in [-0.3, -0.25) is 4.79 Å². The van der Waals surface area contributed by atoms with Crippen molar-refractivity contribution in [3.8, 4) is 0 Å². The number of halogens is 1. The Morgan fingerprint density at radius 3 is 2.58 bits per heavy atom. The first-order chi connectivity index (χ1) is 12.5. The maximum absolute atomic E-state index is 12.4. The van der Waals surface area contributed by atoms with Gasteiger partial charge in [-0.1, -0.05) is 41.4 Å². The number of amides is 1. The number of aryl methyl sites for hydroxylation is 1. The van der Waals surface area contributed by atoms with Crippen LogP contribution in [0.2, 0.25) is 5.02 Å². The smallest absolute Gasteiger partial charge is 0.223 e. The fourth-order valence-electron chi connectivity index (χ4n) is 3.17. The van der Waals surface area contributed by atoms with Crippen molar-refractivity contribution in [2.75, 3.05) is 24.5 Å². The van der Waals surface area contributed by atoms with Crippen LogP contribution in [-0.4, -0.2) is 35.6 Å². The number of aliphatic hydroxyl groups is 1. The van der Waals surface area contributed by atoms with E-state index in [1.165, 1.54) is 0 Å². The van der Waals surface area contributed by atoms with Gasteiger partial charge in [0.1, 0.15) is 5.82 Å². The van der Waals surface area contributed by atoms with Gasteiger partial charge >= 0.3 is 0 Å². The number of hydrogen-bond acceptors (Lipinski definition) is 4. The molecule has 0 saturated carbocycles. The number of rotatable bonds is 5. The molecule has 1 aromatic heterocycles. The lowest BCUT2D eigenvalue weighted by Crippen LogP contribution is -2.41. The minimum atomic E-state index is -0.682. The van der Waals surface area contributed by atoms with Crippen LogP contribution in [0.3, 0.4) is 0 Å². The topological polar surface area (TPSA) is 65.5 Å². The molecular formula is C20H24ClN3O2. The molecule has 1 aliphatic heterocycles. The number of aromatic nitrogens is 1. The largest absolute Gasteiger partial charge is 0.387 e. The number of carbonyl (C=O) groups is 1. The molecule has 0 bridgehead atoms. The second-order valence-electron chi connectivity index (χ2n) is 6.77. The van der Waals surface area contributed by atoms with E-state index in [9.17, 15) is 9.90 Å². The lowest BCUT2D eigenvalue weighted by molar-refractivity contribution is -0.126. The molecule has 6 heteroatoms. The minimum Gasteiger partial charge on any atom is -0.387 e. The molecule has 1 amide bonds. The van der Waals surface area contributed by atoms with Gasteiger partial charge in [-0.15, -0.1) is 0 Å². The molecule has 5 nitrogen and oxygen atoms in total. The SMILES string of the molecule is Cc1ccc([C@H](O)CNC(=O)C2CCN(c3ccc(Cl)cn3)CC2)cc1. The first kappa shape index (κ1) is 18.7. The summed E-state index contributed by atoms with van der Waals surface area (Å²) in [7, 11) is 0. The average molecular weight is 374 g/mol. The van der Waals surface area contributed by atoms with E-state index in [-0.39, 0.29) is 18.4 Å². The van der Waals surface area contributed by atoms with E-state index < -0.39 is 6.10 Å². The zero-order valence-corrected chi connectivity index (χ0v) is 15.6. The summed E-state index contributed by atoms with van der Waals surface area (Å²) in [5.41, 5.74) is 1.96. The maximum Gasteiger partial charge on any atom is 0.223 e. The summed E-state index contributed by atoms with van der Waals surface area (Å²) in [5, 5.41) is 13.7. The highest BCUT2D eigenvalue weighted by Crippen LogP contribution is 2.23. The van der Waals surface area contributed by atoms with Gasteiger partial charge in [0, 0.05) is 31.7 Å². The van der Waals surface area contributed by atoms with E-state index in [1.807, 2.05) is 43.3 Å². The third-order valence-electron chi connectivity index (χ3n) is 4.83. The van der Waals surface area contributed by atoms with Crippen LogP contribution in [0.15, 0.2) is 42.6 Å². The molecule has 1 aromatic carbocycles. The molecule has 138 valence electrons. The lowest BCUT2D eigenvalue weighted by Gasteiger charge is -2.32. The fourth-order valence-corrected chi connectivity index (χ4v) is 3.29. The van der Waals surface area contributed by atoms with Crippen molar-refractivity contribution in [2.24, 2.45) is 5.92 Å². The van der Waals surface area contributed by atoms with Gasteiger partial charge < -0.3 is 15.3 Å². The van der Waals surface area contributed by atoms with Gasteiger partial charge in [0.05, 0.1) is 11.1 Å². The highest BCUT2D eigenvalue weighted by atomic mass is 35.5. The number of benzene rings is 1. The predicted octanol–water partition coefficient (Wildman–Crippen LogP) is 3.11. The van der Waals surface area contributed by atoms with Crippen LogP contribution in [0.4, 0.5) is 5.82 Å². The summed E-state index contributed by atoms with van der Waals surface area (Å²) in [4.78, 5) is 18.9.